The molecule has 0 aromatic carbocycles. The summed E-state index contributed by atoms with van der Waals surface area (Å²) in [5, 5.41) is 4.28. The van der Waals surface area contributed by atoms with E-state index in [4.69, 9.17) is 4.42 Å². The maximum absolute atomic E-state index is 12.9. The maximum Gasteiger partial charge on any atom is 0.226 e. The van der Waals surface area contributed by atoms with E-state index >= 15 is 0 Å². The number of nitrogens with zero attached hydrogens (tertiary/aromatic N) is 3. The first kappa shape index (κ1) is 13.6. The molecule has 1 aliphatic heterocycles. The van der Waals surface area contributed by atoms with Crippen LogP contribution in [0, 0.1) is 5.92 Å². The van der Waals surface area contributed by atoms with Crippen LogP contribution in [0.2, 0.25) is 0 Å². The molecule has 2 fully saturated rings. The topological polar surface area (TPSA) is 51.3 Å². The van der Waals surface area contributed by atoms with Crippen molar-refractivity contribution in [1.29, 1.82) is 0 Å². The monoisotopic (exact) mass is 299 g/mol. The molecule has 1 saturated carbocycles. The van der Waals surface area contributed by atoms with Gasteiger partial charge in [-0.3, -0.25) is 9.48 Å². The molecule has 5 nitrogen and oxygen atoms in total. The van der Waals surface area contributed by atoms with Gasteiger partial charge in [0.05, 0.1) is 18.8 Å². The van der Waals surface area contributed by atoms with Gasteiger partial charge in [0.15, 0.2) is 0 Å². The number of hydrogen-bond acceptors (Lipinski definition) is 3. The van der Waals surface area contributed by atoms with Crippen LogP contribution in [0.5, 0.6) is 0 Å². The standard InChI is InChI=1S/C17H21N3O2/c21-17(15-11-14(15)16-6-3-10-22-16)20-9-2-1-5-13(20)12-19-8-4-7-18-19/h3-4,6-8,10,13-15H,1-2,5,9,11-12H2/t13-,14-,15+/m0/s1. The molecule has 0 bridgehead atoms. The predicted octanol–water partition coefficient (Wildman–Crippen LogP) is 2.66. The number of furan rings is 1. The van der Waals surface area contributed by atoms with Crippen LogP contribution in [0.3, 0.4) is 0 Å². The lowest BCUT2D eigenvalue weighted by atomic mass is 10.0. The first-order chi connectivity index (χ1) is 10.8. The second kappa shape index (κ2) is 5.63. The molecule has 1 amide bonds. The van der Waals surface area contributed by atoms with Gasteiger partial charge in [-0.2, -0.15) is 5.10 Å². The van der Waals surface area contributed by atoms with Crippen molar-refractivity contribution in [3.8, 4) is 0 Å². The Morgan fingerprint density at radius 1 is 1.36 bits per heavy atom. The molecule has 2 aliphatic rings. The Kier molecular flexibility index (Phi) is 3.48. The Hall–Kier alpha value is -2.04. The Morgan fingerprint density at radius 3 is 3.09 bits per heavy atom. The van der Waals surface area contributed by atoms with Gasteiger partial charge in [0.2, 0.25) is 5.91 Å². The largest absolute Gasteiger partial charge is 0.469 e. The highest BCUT2D eigenvalue weighted by Crippen LogP contribution is 2.49. The molecule has 3 atom stereocenters. The highest BCUT2D eigenvalue weighted by molar-refractivity contribution is 5.83. The fourth-order valence-electron chi connectivity index (χ4n) is 3.60. The Morgan fingerprint density at radius 2 is 2.32 bits per heavy atom. The summed E-state index contributed by atoms with van der Waals surface area (Å²) in [5.41, 5.74) is 0. The normalized spacial score (nSPS) is 27.8. The summed E-state index contributed by atoms with van der Waals surface area (Å²) in [5.74, 6) is 1.66. The Labute approximate surface area is 129 Å². The number of carbonyl (C=O) groups excluding carboxylic acids is 1. The third-order valence-corrected chi connectivity index (χ3v) is 4.88. The van der Waals surface area contributed by atoms with Crippen molar-refractivity contribution < 1.29 is 9.21 Å². The quantitative estimate of drug-likeness (QED) is 0.872. The number of carbonyl (C=O) groups is 1. The van der Waals surface area contributed by atoms with Crippen molar-refractivity contribution in [3.63, 3.8) is 0 Å². The fourth-order valence-corrected chi connectivity index (χ4v) is 3.60. The predicted molar refractivity (Wildman–Crippen MR) is 81.1 cm³/mol. The lowest BCUT2D eigenvalue weighted by molar-refractivity contribution is -0.136. The second-order valence-corrected chi connectivity index (χ2v) is 6.37. The average molecular weight is 299 g/mol. The van der Waals surface area contributed by atoms with Crippen molar-refractivity contribution in [2.24, 2.45) is 5.92 Å². The van der Waals surface area contributed by atoms with Gasteiger partial charge in [-0.25, -0.2) is 0 Å². The van der Waals surface area contributed by atoms with Crippen molar-refractivity contribution in [2.45, 2.75) is 44.2 Å². The Balaban J connectivity index is 1.44. The minimum Gasteiger partial charge on any atom is -0.469 e. The number of rotatable bonds is 4. The molecule has 0 spiro atoms. The lowest BCUT2D eigenvalue weighted by Gasteiger charge is -2.36. The number of piperidine rings is 1. The number of likely N-dealkylation sites (tertiary alicyclic amines) is 1. The molecule has 1 saturated heterocycles. The number of hydrogen-bond donors (Lipinski definition) is 0. The van der Waals surface area contributed by atoms with Crippen LogP contribution in [-0.4, -0.2) is 33.2 Å². The average Bonchev–Trinajstić information content (AvgIpc) is 2.94. The summed E-state index contributed by atoms with van der Waals surface area (Å²) in [6.07, 6.45) is 9.77. The minimum atomic E-state index is 0.115. The van der Waals surface area contributed by atoms with Crippen LogP contribution < -0.4 is 0 Å². The fraction of sp³-hybridized carbons (Fsp3) is 0.529. The first-order valence-electron chi connectivity index (χ1n) is 8.14. The zero-order chi connectivity index (χ0) is 14.9. The molecule has 22 heavy (non-hydrogen) atoms. The van der Waals surface area contributed by atoms with E-state index in [0.717, 1.165) is 38.1 Å². The molecule has 1 aliphatic carbocycles. The van der Waals surface area contributed by atoms with Crippen LogP contribution in [0.15, 0.2) is 41.3 Å². The van der Waals surface area contributed by atoms with Crippen molar-refractivity contribution >= 4 is 5.91 Å². The molecule has 0 radical (unpaired) electrons. The van der Waals surface area contributed by atoms with E-state index < -0.39 is 0 Å². The van der Waals surface area contributed by atoms with Gasteiger partial charge in [0.1, 0.15) is 5.76 Å². The molecule has 2 aromatic rings. The van der Waals surface area contributed by atoms with E-state index in [0.29, 0.717) is 5.91 Å². The molecule has 0 unspecified atom stereocenters. The van der Waals surface area contributed by atoms with E-state index in [2.05, 4.69) is 10.00 Å². The number of aromatic nitrogens is 2. The Bertz CT molecular complexity index is 620. The first-order valence-corrected chi connectivity index (χ1v) is 8.14. The third-order valence-electron chi connectivity index (χ3n) is 4.88. The molecule has 5 heteroatoms. The van der Waals surface area contributed by atoms with Gasteiger partial charge in [0, 0.05) is 30.8 Å². The van der Waals surface area contributed by atoms with Gasteiger partial charge in [-0.15, -0.1) is 0 Å². The van der Waals surface area contributed by atoms with Gasteiger partial charge >= 0.3 is 0 Å². The number of amides is 1. The summed E-state index contributed by atoms with van der Waals surface area (Å²) in [4.78, 5) is 15.0. The van der Waals surface area contributed by atoms with Crippen LogP contribution in [0.1, 0.15) is 37.4 Å². The molecule has 3 heterocycles. The van der Waals surface area contributed by atoms with E-state index in [1.807, 2.05) is 29.1 Å². The van der Waals surface area contributed by atoms with E-state index in [9.17, 15) is 4.79 Å². The van der Waals surface area contributed by atoms with Crippen LogP contribution in [0.25, 0.3) is 0 Å². The van der Waals surface area contributed by atoms with E-state index in [1.54, 1.807) is 12.5 Å². The smallest absolute Gasteiger partial charge is 0.226 e. The zero-order valence-electron chi connectivity index (χ0n) is 12.6. The summed E-state index contributed by atoms with van der Waals surface area (Å²) < 4.78 is 7.39. The molecule has 0 N–H and O–H groups in total. The molecule has 2 aromatic heterocycles. The SMILES string of the molecule is O=C([C@@H]1C[C@@H]1c1ccco1)N1CCCC[C@H]1Cn1cccn1. The maximum atomic E-state index is 12.9. The molecular formula is C17H21N3O2. The highest BCUT2D eigenvalue weighted by atomic mass is 16.3. The summed E-state index contributed by atoms with van der Waals surface area (Å²) in [6, 6.07) is 6.09. The van der Waals surface area contributed by atoms with Crippen molar-refractivity contribution in [3.05, 3.63) is 42.6 Å². The van der Waals surface area contributed by atoms with Crippen LogP contribution in [-0.2, 0) is 11.3 Å². The van der Waals surface area contributed by atoms with Gasteiger partial charge in [-0.05, 0) is 43.9 Å². The molecular weight excluding hydrogens is 278 g/mol. The van der Waals surface area contributed by atoms with Crippen LogP contribution >= 0.6 is 0 Å². The third kappa shape index (κ3) is 2.56. The van der Waals surface area contributed by atoms with Crippen molar-refractivity contribution in [1.82, 2.24) is 14.7 Å². The van der Waals surface area contributed by atoms with E-state index in [1.165, 1.54) is 6.42 Å². The molecule has 116 valence electrons. The summed E-state index contributed by atoms with van der Waals surface area (Å²) in [7, 11) is 0. The van der Waals surface area contributed by atoms with E-state index in [-0.39, 0.29) is 17.9 Å². The van der Waals surface area contributed by atoms with Gasteiger partial charge < -0.3 is 9.32 Å². The lowest BCUT2D eigenvalue weighted by Crippen LogP contribution is -2.46. The zero-order valence-corrected chi connectivity index (χ0v) is 12.6. The highest BCUT2D eigenvalue weighted by Gasteiger charge is 2.48. The van der Waals surface area contributed by atoms with Crippen LogP contribution in [0.4, 0.5) is 0 Å². The molecule has 4 rings (SSSR count). The second-order valence-electron chi connectivity index (χ2n) is 6.37. The van der Waals surface area contributed by atoms with Gasteiger partial charge in [0.25, 0.3) is 0 Å². The summed E-state index contributed by atoms with van der Waals surface area (Å²) >= 11 is 0. The minimum absolute atomic E-state index is 0.115. The van der Waals surface area contributed by atoms with Gasteiger partial charge in [-0.1, -0.05) is 0 Å². The van der Waals surface area contributed by atoms with Crippen molar-refractivity contribution in [2.75, 3.05) is 6.54 Å². The summed E-state index contributed by atoms with van der Waals surface area (Å²) in [6.45, 7) is 1.68.